The van der Waals surface area contributed by atoms with Crippen molar-refractivity contribution >= 4 is 28.3 Å². The SMILES string of the molecule is CN[C@]1(C(C)=O)C[C@H]1c1c[nH]c2cc(Cl)ccc12. The number of Topliss-reactive ketones (excluding diaryl/α,β-unsaturated/α-hetero) is 1. The predicted octanol–water partition coefficient (Wildman–Crippen LogP) is 2.86. The van der Waals surface area contributed by atoms with E-state index >= 15 is 0 Å². The molecule has 3 nitrogen and oxygen atoms in total. The number of carbonyl (C=O) groups is 1. The molecule has 18 heavy (non-hydrogen) atoms. The number of fused-ring (bicyclic) bond motifs is 1. The fraction of sp³-hybridized carbons (Fsp3) is 0.357. The minimum atomic E-state index is -0.366. The van der Waals surface area contributed by atoms with E-state index in [9.17, 15) is 4.79 Å². The molecule has 0 amide bonds. The molecule has 0 unspecified atom stereocenters. The number of benzene rings is 1. The van der Waals surface area contributed by atoms with Gasteiger partial charge in [0.1, 0.15) is 5.78 Å². The van der Waals surface area contributed by atoms with E-state index in [0.29, 0.717) is 0 Å². The lowest BCUT2D eigenvalue weighted by Crippen LogP contribution is -2.36. The van der Waals surface area contributed by atoms with Crippen LogP contribution >= 0.6 is 11.6 Å². The summed E-state index contributed by atoms with van der Waals surface area (Å²) in [5.41, 5.74) is 1.86. The van der Waals surface area contributed by atoms with Gasteiger partial charge in [-0.1, -0.05) is 17.7 Å². The van der Waals surface area contributed by atoms with E-state index in [1.165, 1.54) is 5.56 Å². The minimum absolute atomic E-state index is 0.207. The van der Waals surface area contributed by atoms with E-state index in [1.807, 2.05) is 31.4 Å². The highest BCUT2D eigenvalue weighted by molar-refractivity contribution is 6.31. The third-order valence-corrected chi connectivity index (χ3v) is 4.32. The standard InChI is InChI=1S/C14H15ClN2O/c1-8(18)14(16-2)6-12(14)11-7-17-13-5-9(15)3-4-10(11)13/h3-5,7,12,16-17H,6H2,1-2H3/t12-,14-/m0/s1. The lowest BCUT2D eigenvalue weighted by Gasteiger charge is -2.12. The number of carbonyl (C=O) groups excluding carboxylic acids is 1. The van der Waals surface area contributed by atoms with Crippen molar-refractivity contribution in [2.24, 2.45) is 0 Å². The summed E-state index contributed by atoms with van der Waals surface area (Å²) in [4.78, 5) is 15.0. The Morgan fingerprint density at radius 2 is 2.33 bits per heavy atom. The lowest BCUT2D eigenvalue weighted by molar-refractivity contribution is -0.119. The van der Waals surface area contributed by atoms with Crippen LogP contribution in [-0.4, -0.2) is 23.4 Å². The number of ketones is 1. The van der Waals surface area contributed by atoms with Crippen molar-refractivity contribution in [1.29, 1.82) is 0 Å². The monoisotopic (exact) mass is 262 g/mol. The molecule has 94 valence electrons. The molecule has 1 aromatic heterocycles. The zero-order valence-electron chi connectivity index (χ0n) is 10.4. The first kappa shape index (κ1) is 11.8. The summed E-state index contributed by atoms with van der Waals surface area (Å²) in [6.45, 7) is 1.65. The van der Waals surface area contributed by atoms with Crippen molar-refractivity contribution in [1.82, 2.24) is 10.3 Å². The molecule has 1 heterocycles. The van der Waals surface area contributed by atoms with E-state index in [4.69, 9.17) is 11.6 Å². The molecule has 2 aromatic rings. The summed E-state index contributed by atoms with van der Waals surface area (Å²) < 4.78 is 0. The maximum atomic E-state index is 11.8. The Kier molecular flexibility index (Phi) is 2.50. The second-order valence-corrected chi connectivity index (χ2v) is 5.40. The van der Waals surface area contributed by atoms with Crippen molar-refractivity contribution in [2.45, 2.75) is 24.8 Å². The van der Waals surface area contributed by atoms with Crippen molar-refractivity contribution in [2.75, 3.05) is 7.05 Å². The van der Waals surface area contributed by atoms with E-state index in [1.54, 1.807) is 6.92 Å². The van der Waals surface area contributed by atoms with Gasteiger partial charge in [0.25, 0.3) is 0 Å². The van der Waals surface area contributed by atoms with E-state index < -0.39 is 0 Å². The first-order valence-corrected chi connectivity index (χ1v) is 6.43. The van der Waals surface area contributed by atoms with Crippen LogP contribution in [0.4, 0.5) is 0 Å². The predicted molar refractivity (Wildman–Crippen MR) is 73.1 cm³/mol. The number of aromatic nitrogens is 1. The Bertz CT molecular complexity index is 634. The minimum Gasteiger partial charge on any atom is -0.361 e. The molecule has 1 aromatic carbocycles. The molecule has 1 fully saturated rings. The van der Waals surface area contributed by atoms with Crippen LogP contribution in [0.15, 0.2) is 24.4 Å². The Morgan fingerprint density at radius 1 is 1.56 bits per heavy atom. The summed E-state index contributed by atoms with van der Waals surface area (Å²) in [5, 5.41) is 5.05. The molecule has 0 radical (unpaired) electrons. The summed E-state index contributed by atoms with van der Waals surface area (Å²) in [6.07, 6.45) is 2.86. The first-order chi connectivity index (χ1) is 8.58. The number of nitrogens with one attached hydrogen (secondary N) is 2. The van der Waals surface area contributed by atoms with Gasteiger partial charge in [0.05, 0.1) is 5.54 Å². The molecule has 0 saturated heterocycles. The average Bonchev–Trinajstić information content (AvgIpc) is 2.96. The number of likely N-dealkylation sites (N-methyl/N-ethyl adjacent to an activating group) is 1. The van der Waals surface area contributed by atoms with Gasteiger partial charge in [0.15, 0.2) is 0 Å². The van der Waals surface area contributed by atoms with Crippen molar-refractivity contribution in [3.63, 3.8) is 0 Å². The molecule has 1 saturated carbocycles. The molecule has 0 spiro atoms. The van der Waals surface area contributed by atoms with E-state index in [0.717, 1.165) is 22.3 Å². The molecule has 0 aliphatic heterocycles. The quantitative estimate of drug-likeness (QED) is 0.893. The lowest BCUT2D eigenvalue weighted by atomic mass is 10.0. The van der Waals surface area contributed by atoms with Gasteiger partial charge in [0.2, 0.25) is 0 Å². The van der Waals surface area contributed by atoms with Crippen LogP contribution in [0.5, 0.6) is 0 Å². The first-order valence-electron chi connectivity index (χ1n) is 6.05. The van der Waals surface area contributed by atoms with Crippen LogP contribution in [0, 0.1) is 0 Å². The number of halogens is 1. The van der Waals surface area contributed by atoms with Crippen LogP contribution in [0.3, 0.4) is 0 Å². The summed E-state index contributed by atoms with van der Waals surface area (Å²) in [6, 6.07) is 5.82. The third kappa shape index (κ3) is 1.51. The van der Waals surface area contributed by atoms with Gasteiger partial charge in [-0.15, -0.1) is 0 Å². The van der Waals surface area contributed by atoms with Gasteiger partial charge < -0.3 is 10.3 Å². The van der Waals surface area contributed by atoms with Gasteiger partial charge in [-0.05, 0) is 38.1 Å². The topological polar surface area (TPSA) is 44.9 Å². The number of hydrogen-bond donors (Lipinski definition) is 2. The van der Waals surface area contributed by atoms with Gasteiger partial charge in [0, 0.05) is 28.0 Å². The maximum Gasteiger partial charge on any atom is 0.150 e. The molecule has 4 heteroatoms. The van der Waals surface area contributed by atoms with E-state index in [2.05, 4.69) is 10.3 Å². The summed E-state index contributed by atoms with van der Waals surface area (Å²) in [5.74, 6) is 0.466. The number of hydrogen-bond acceptors (Lipinski definition) is 2. The number of aromatic amines is 1. The fourth-order valence-corrected chi connectivity index (χ4v) is 3.06. The molecule has 1 aliphatic rings. The Hall–Kier alpha value is -1.32. The average molecular weight is 263 g/mol. The Balaban J connectivity index is 2.05. The van der Waals surface area contributed by atoms with Crippen LogP contribution in [0.1, 0.15) is 24.8 Å². The largest absolute Gasteiger partial charge is 0.361 e. The van der Waals surface area contributed by atoms with Crippen molar-refractivity contribution in [3.05, 3.63) is 35.0 Å². The highest BCUT2D eigenvalue weighted by Gasteiger charge is 2.58. The second-order valence-electron chi connectivity index (χ2n) is 4.97. The molecular weight excluding hydrogens is 248 g/mol. The van der Waals surface area contributed by atoms with Gasteiger partial charge in [-0.3, -0.25) is 4.79 Å². The Labute approximate surface area is 111 Å². The number of rotatable bonds is 3. The van der Waals surface area contributed by atoms with Crippen LogP contribution in [0.25, 0.3) is 10.9 Å². The summed E-state index contributed by atoms with van der Waals surface area (Å²) in [7, 11) is 1.85. The normalized spacial score (nSPS) is 26.5. The second kappa shape index (κ2) is 3.84. The zero-order chi connectivity index (χ0) is 12.9. The highest BCUT2D eigenvalue weighted by atomic mass is 35.5. The van der Waals surface area contributed by atoms with Gasteiger partial charge >= 0.3 is 0 Å². The molecule has 3 rings (SSSR count). The fourth-order valence-electron chi connectivity index (χ4n) is 2.89. The van der Waals surface area contributed by atoms with Gasteiger partial charge in [-0.25, -0.2) is 0 Å². The molecular formula is C14H15ClN2O. The van der Waals surface area contributed by atoms with Gasteiger partial charge in [-0.2, -0.15) is 0 Å². The van der Waals surface area contributed by atoms with Crippen LogP contribution < -0.4 is 5.32 Å². The van der Waals surface area contributed by atoms with Crippen molar-refractivity contribution in [3.8, 4) is 0 Å². The molecule has 2 N–H and O–H groups in total. The zero-order valence-corrected chi connectivity index (χ0v) is 11.1. The van der Waals surface area contributed by atoms with Crippen molar-refractivity contribution < 1.29 is 4.79 Å². The smallest absolute Gasteiger partial charge is 0.150 e. The molecule has 2 atom stereocenters. The molecule has 1 aliphatic carbocycles. The van der Waals surface area contributed by atoms with Crippen LogP contribution in [0.2, 0.25) is 5.02 Å². The molecule has 0 bridgehead atoms. The van der Waals surface area contributed by atoms with E-state index in [-0.39, 0.29) is 17.2 Å². The third-order valence-electron chi connectivity index (χ3n) is 4.09. The summed E-state index contributed by atoms with van der Waals surface area (Å²) >= 11 is 5.97. The number of H-pyrrole nitrogens is 1. The Morgan fingerprint density at radius 3 is 2.94 bits per heavy atom. The maximum absolute atomic E-state index is 11.8. The highest BCUT2D eigenvalue weighted by Crippen LogP contribution is 2.53. The van der Waals surface area contributed by atoms with Crippen LogP contribution in [-0.2, 0) is 4.79 Å².